The van der Waals surface area contributed by atoms with Gasteiger partial charge in [-0.25, -0.2) is 9.59 Å². The first-order valence-corrected chi connectivity index (χ1v) is 7.71. The minimum absolute atomic E-state index is 0.0677. The van der Waals surface area contributed by atoms with E-state index in [-0.39, 0.29) is 24.2 Å². The number of aliphatic carboxylic acids is 1. The summed E-state index contributed by atoms with van der Waals surface area (Å²) in [5, 5.41) is 26.2. The minimum Gasteiger partial charge on any atom is -0.479 e. The summed E-state index contributed by atoms with van der Waals surface area (Å²) in [4.78, 5) is 38.4. The fraction of sp³-hybridized carbons (Fsp3) is 0.643. The lowest BCUT2D eigenvalue weighted by Gasteiger charge is -2.22. The highest BCUT2D eigenvalue weighted by atomic mass is 16.5. The summed E-state index contributed by atoms with van der Waals surface area (Å²) >= 11 is 0. The average molecular weight is 357 g/mol. The third-order valence-corrected chi connectivity index (χ3v) is 3.68. The predicted molar refractivity (Wildman–Crippen MR) is 84.3 cm³/mol. The molecule has 1 unspecified atom stereocenters. The van der Waals surface area contributed by atoms with Gasteiger partial charge in [-0.2, -0.15) is 4.98 Å². The highest BCUT2D eigenvalue weighted by Gasteiger charge is 2.30. The third kappa shape index (κ3) is 5.50. The quantitative estimate of drug-likeness (QED) is 0.363. The van der Waals surface area contributed by atoms with Gasteiger partial charge in [0.05, 0.1) is 12.6 Å². The minimum atomic E-state index is -1.65. The van der Waals surface area contributed by atoms with Crippen LogP contribution >= 0.6 is 0 Å². The van der Waals surface area contributed by atoms with Crippen molar-refractivity contribution in [1.82, 2.24) is 20.8 Å². The summed E-state index contributed by atoms with van der Waals surface area (Å²) in [5.74, 6) is -2.16. The normalized spacial score (nSPS) is 15.7. The number of urea groups is 1. The van der Waals surface area contributed by atoms with Crippen molar-refractivity contribution in [1.29, 1.82) is 0 Å². The van der Waals surface area contributed by atoms with E-state index in [1.165, 1.54) is 0 Å². The number of carboxylic acids is 1. The molecule has 1 heterocycles. The molecule has 1 aromatic heterocycles. The van der Waals surface area contributed by atoms with E-state index in [1.807, 2.05) is 13.8 Å². The number of nitrogens with zero attached hydrogens (tertiary/aromatic N) is 2. The number of nitrogens with one attached hydrogen (secondary N) is 2. The Kier molecular flexibility index (Phi) is 7.45. The summed E-state index contributed by atoms with van der Waals surface area (Å²) in [6, 6.07) is -4.06. The van der Waals surface area contributed by atoms with Crippen molar-refractivity contribution >= 4 is 17.8 Å². The number of Topliss-reactive ketones (excluding diaryl/α,β-unsaturated/α-hetero) is 1. The maximum Gasteiger partial charge on any atom is 0.334 e. The van der Waals surface area contributed by atoms with Crippen LogP contribution in [-0.4, -0.2) is 50.8 Å². The smallest absolute Gasteiger partial charge is 0.334 e. The fourth-order valence-electron chi connectivity index (χ4n) is 1.94. The lowest BCUT2D eigenvalue weighted by Crippen LogP contribution is -2.50. The van der Waals surface area contributed by atoms with Crippen LogP contribution in [0.4, 0.5) is 4.79 Å². The molecule has 0 spiro atoms. The van der Waals surface area contributed by atoms with Gasteiger partial charge in [-0.1, -0.05) is 25.4 Å². The number of nitrogens with two attached hydrogens (primary N) is 1. The van der Waals surface area contributed by atoms with E-state index in [4.69, 9.17) is 20.5 Å². The molecule has 1 aromatic rings. The first-order chi connectivity index (χ1) is 11.7. The van der Waals surface area contributed by atoms with Gasteiger partial charge in [0.1, 0.15) is 6.04 Å². The van der Waals surface area contributed by atoms with E-state index >= 15 is 0 Å². The molecule has 11 nitrogen and oxygen atoms in total. The average Bonchev–Trinajstić information content (AvgIpc) is 3.05. The SMILES string of the molecule is CCC(C)[C@H](NC(=O)N[C@@H](C(C)=O)C(=O)O)c1nc([C@@H](N)CO)no1. The fourth-order valence-corrected chi connectivity index (χ4v) is 1.94. The van der Waals surface area contributed by atoms with Crippen molar-refractivity contribution in [3.63, 3.8) is 0 Å². The zero-order valence-electron chi connectivity index (χ0n) is 14.2. The van der Waals surface area contributed by atoms with Crippen LogP contribution < -0.4 is 16.4 Å². The Labute approximate surface area is 144 Å². The van der Waals surface area contributed by atoms with Crippen LogP contribution in [0.3, 0.4) is 0 Å². The zero-order valence-corrected chi connectivity index (χ0v) is 14.2. The number of aliphatic hydroxyl groups excluding tert-OH is 1. The van der Waals surface area contributed by atoms with Gasteiger partial charge in [-0.3, -0.25) is 4.79 Å². The van der Waals surface area contributed by atoms with Crippen molar-refractivity contribution in [3.05, 3.63) is 11.7 Å². The lowest BCUT2D eigenvalue weighted by atomic mass is 9.99. The molecule has 0 radical (unpaired) electrons. The van der Waals surface area contributed by atoms with Crippen LogP contribution in [0.1, 0.15) is 51.0 Å². The molecule has 4 atom stereocenters. The van der Waals surface area contributed by atoms with Crippen molar-refractivity contribution in [2.75, 3.05) is 6.61 Å². The topological polar surface area (TPSA) is 181 Å². The number of ketones is 1. The summed E-state index contributed by atoms with van der Waals surface area (Å²) < 4.78 is 5.10. The van der Waals surface area contributed by atoms with Gasteiger partial charge in [0.2, 0.25) is 5.89 Å². The largest absolute Gasteiger partial charge is 0.479 e. The molecular formula is C14H23N5O6. The van der Waals surface area contributed by atoms with E-state index < -0.39 is 35.9 Å². The standard InChI is InChI=1S/C14H23N5O6/c1-4-6(2)9(12-18-11(19-25-12)8(15)5-20)16-14(24)17-10(7(3)21)13(22)23/h6,8-10,20H,4-5,15H2,1-3H3,(H,22,23)(H2,16,17,24)/t6?,8-,9-,10-/m0/s1. The third-order valence-electron chi connectivity index (χ3n) is 3.68. The van der Waals surface area contributed by atoms with E-state index in [9.17, 15) is 14.4 Å². The highest BCUT2D eigenvalue weighted by molar-refractivity contribution is 6.03. The van der Waals surface area contributed by atoms with Gasteiger partial charge < -0.3 is 31.1 Å². The maximum atomic E-state index is 12.1. The second kappa shape index (κ2) is 9.08. The number of rotatable bonds is 9. The Morgan fingerprint density at radius 2 is 1.96 bits per heavy atom. The highest BCUT2D eigenvalue weighted by Crippen LogP contribution is 2.23. The Hall–Kier alpha value is -2.53. The lowest BCUT2D eigenvalue weighted by molar-refractivity contribution is -0.142. The van der Waals surface area contributed by atoms with Crippen molar-refractivity contribution in [2.45, 2.75) is 45.3 Å². The molecule has 140 valence electrons. The van der Waals surface area contributed by atoms with Gasteiger partial charge in [-0.15, -0.1) is 0 Å². The van der Waals surface area contributed by atoms with Crippen molar-refractivity contribution in [2.24, 2.45) is 11.7 Å². The number of amides is 2. The Morgan fingerprint density at radius 3 is 2.44 bits per heavy atom. The molecule has 0 aromatic carbocycles. The van der Waals surface area contributed by atoms with Crippen molar-refractivity contribution < 1.29 is 29.1 Å². The van der Waals surface area contributed by atoms with Gasteiger partial charge in [-0.05, 0) is 12.8 Å². The number of carbonyl (C=O) groups is 3. The predicted octanol–water partition coefficient (Wildman–Crippen LogP) is -0.510. The van der Waals surface area contributed by atoms with Crippen LogP contribution in [0.2, 0.25) is 0 Å². The van der Waals surface area contributed by atoms with Crippen LogP contribution in [0.5, 0.6) is 0 Å². The molecule has 1 rings (SSSR count). The molecule has 0 saturated heterocycles. The monoisotopic (exact) mass is 357 g/mol. The summed E-state index contributed by atoms with van der Waals surface area (Å²) in [5.41, 5.74) is 5.61. The second-order valence-electron chi connectivity index (χ2n) is 5.64. The van der Waals surface area contributed by atoms with E-state index in [0.29, 0.717) is 6.42 Å². The van der Waals surface area contributed by atoms with Crippen LogP contribution in [0, 0.1) is 5.92 Å². The molecule has 6 N–H and O–H groups in total. The first-order valence-electron chi connectivity index (χ1n) is 7.71. The molecule has 0 aliphatic heterocycles. The van der Waals surface area contributed by atoms with Gasteiger partial charge in [0, 0.05) is 0 Å². The molecule has 0 bridgehead atoms. The molecule has 0 fully saturated rings. The Morgan fingerprint density at radius 1 is 1.32 bits per heavy atom. The number of aromatic nitrogens is 2. The number of aliphatic hydroxyl groups is 1. The number of carbonyl (C=O) groups excluding carboxylic acids is 2. The molecule has 2 amide bonds. The molecule has 0 aliphatic carbocycles. The van der Waals surface area contributed by atoms with E-state index in [0.717, 1.165) is 6.92 Å². The first kappa shape index (κ1) is 20.5. The molecule has 0 saturated carbocycles. The maximum absolute atomic E-state index is 12.1. The van der Waals surface area contributed by atoms with Gasteiger partial charge >= 0.3 is 12.0 Å². The molecule has 25 heavy (non-hydrogen) atoms. The van der Waals surface area contributed by atoms with Crippen LogP contribution in [0.25, 0.3) is 0 Å². The zero-order chi connectivity index (χ0) is 19.1. The number of hydrogen-bond donors (Lipinski definition) is 5. The Balaban J connectivity index is 2.93. The van der Waals surface area contributed by atoms with Gasteiger partial charge in [0.25, 0.3) is 0 Å². The van der Waals surface area contributed by atoms with E-state index in [1.54, 1.807) is 0 Å². The molecular weight excluding hydrogens is 334 g/mol. The van der Waals surface area contributed by atoms with Crippen LogP contribution in [-0.2, 0) is 9.59 Å². The summed E-state index contributed by atoms with van der Waals surface area (Å²) in [6.07, 6.45) is 0.643. The van der Waals surface area contributed by atoms with Gasteiger partial charge in [0.15, 0.2) is 17.6 Å². The molecule has 0 aliphatic rings. The van der Waals surface area contributed by atoms with Crippen molar-refractivity contribution in [3.8, 4) is 0 Å². The van der Waals surface area contributed by atoms with E-state index in [2.05, 4.69) is 20.8 Å². The summed E-state index contributed by atoms with van der Waals surface area (Å²) in [6.45, 7) is 4.38. The molecule has 11 heteroatoms. The summed E-state index contributed by atoms with van der Waals surface area (Å²) in [7, 11) is 0. The van der Waals surface area contributed by atoms with Crippen LogP contribution in [0.15, 0.2) is 4.52 Å². The number of carboxylic acid groups (broad SMARTS) is 1. The Bertz CT molecular complexity index is 605. The second-order valence-corrected chi connectivity index (χ2v) is 5.64. The number of hydrogen-bond acceptors (Lipinski definition) is 8.